The van der Waals surface area contributed by atoms with Gasteiger partial charge in [0.25, 0.3) is 0 Å². The van der Waals surface area contributed by atoms with Gasteiger partial charge in [0.15, 0.2) is 0 Å². The monoisotopic (exact) mass is 190 g/mol. The number of rotatable bonds is 3. The molecule has 0 bridgehead atoms. The van der Waals surface area contributed by atoms with E-state index < -0.39 is 12.3 Å². The molecule has 1 rings (SSSR count). The van der Waals surface area contributed by atoms with Crippen LogP contribution in [0.2, 0.25) is 0 Å². The molecule has 0 saturated carbocycles. The van der Waals surface area contributed by atoms with E-state index >= 15 is 0 Å². The quantitative estimate of drug-likeness (QED) is 0.331. The van der Waals surface area contributed by atoms with Gasteiger partial charge in [0, 0.05) is 12.3 Å². The van der Waals surface area contributed by atoms with Crippen LogP contribution in [-0.2, 0) is 16.0 Å². The predicted molar refractivity (Wildman–Crippen MR) is 51.1 cm³/mol. The molecule has 1 aromatic carbocycles. The second kappa shape index (κ2) is 5.05. The van der Waals surface area contributed by atoms with E-state index in [9.17, 15) is 9.90 Å². The number of ether oxygens (including phenoxy) is 1. The van der Waals surface area contributed by atoms with Gasteiger partial charge in [0.05, 0.1) is 0 Å². The molecule has 3 nitrogen and oxygen atoms in total. The van der Waals surface area contributed by atoms with Gasteiger partial charge in [-0.2, -0.15) is 0 Å². The third-order valence-electron chi connectivity index (χ3n) is 1.61. The van der Waals surface area contributed by atoms with Gasteiger partial charge in [0.1, 0.15) is 0 Å². The lowest BCUT2D eigenvalue weighted by molar-refractivity contribution is -0.159. The Morgan fingerprint density at radius 2 is 2.14 bits per heavy atom. The smallest absolute Gasteiger partial charge is 0.386 e. The minimum Gasteiger partial charge on any atom is -0.426 e. The summed E-state index contributed by atoms with van der Waals surface area (Å²) in [5, 5.41) is 9.27. The zero-order valence-electron chi connectivity index (χ0n) is 7.51. The number of hydrogen-bond acceptors (Lipinski definition) is 3. The van der Waals surface area contributed by atoms with Crippen LogP contribution in [0.3, 0.4) is 0 Å². The molecule has 0 radical (unpaired) electrons. The molecule has 1 aromatic rings. The highest BCUT2D eigenvalue weighted by molar-refractivity contribution is 5.87. The second-order valence-electron chi connectivity index (χ2n) is 2.69. The summed E-state index contributed by atoms with van der Waals surface area (Å²) in [6.07, 6.45) is 3.84. The summed E-state index contributed by atoms with van der Waals surface area (Å²) >= 11 is 0. The number of aliphatic hydroxyl groups excluding tert-OH is 1. The fourth-order valence-electron chi connectivity index (χ4n) is 1.01. The van der Waals surface area contributed by atoms with Crippen molar-refractivity contribution in [2.45, 2.75) is 12.7 Å². The average Bonchev–Trinajstić information content (AvgIpc) is 2.19. The van der Waals surface area contributed by atoms with Gasteiger partial charge in [-0.3, -0.25) is 0 Å². The van der Waals surface area contributed by atoms with Gasteiger partial charge in [-0.05, 0) is 5.56 Å². The maximum Gasteiger partial charge on any atom is 0.386 e. The Labute approximate surface area is 82.3 Å². The summed E-state index contributed by atoms with van der Waals surface area (Å²) in [4.78, 5) is 10.6. The number of carbonyl (C=O) groups excluding carboxylic acids is 1. The largest absolute Gasteiger partial charge is 0.426 e. The van der Waals surface area contributed by atoms with E-state index in [4.69, 9.17) is 6.42 Å². The van der Waals surface area contributed by atoms with E-state index in [1.165, 1.54) is 0 Å². The van der Waals surface area contributed by atoms with Crippen LogP contribution in [0.1, 0.15) is 5.56 Å². The molecule has 0 fully saturated rings. The van der Waals surface area contributed by atoms with Crippen molar-refractivity contribution in [2.24, 2.45) is 0 Å². The summed E-state index contributed by atoms with van der Waals surface area (Å²) in [7, 11) is 0. The standard InChI is InChI=1S/C11H10O3/c1-2-10(12)14-11(13)8-9-6-4-3-5-7-9/h1,3-7,11,13H,8H2/t11-/m1/s1. The number of benzene rings is 1. The normalized spacial score (nSPS) is 11.4. The van der Waals surface area contributed by atoms with Crippen molar-refractivity contribution in [3.63, 3.8) is 0 Å². The number of aliphatic hydroxyl groups is 1. The van der Waals surface area contributed by atoms with E-state index in [2.05, 4.69) is 4.74 Å². The minimum atomic E-state index is -1.18. The van der Waals surface area contributed by atoms with Crippen LogP contribution in [0.15, 0.2) is 30.3 Å². The molecule has 14 heavy (non-hydrogen) atoms. The summed E-state index contributed by atoms with van der Waals surface area (Å²) in [5.41, 5.74) is 0.879. The van der Waals surface area contributed by atoms with Crippen molar-refractivity contribution in [3.05, 3.63) is 35.9 Å². The summed E-state index contributed by atoms with van der Waals surface area (Å²) in [6.45, 7) is 0. The first-order valence-corrected chi connectivity index (χ1v) is 4.11. The molecule has 0 amide bonds. The lowest BCUT2D eigenvalue weighted by atomic mass is 10.1. The molecule has 0 aliphatic heterocycles. The zero-order valence-corrected chi connectivity index (χ0v) is 7.51. The van der Waals surface area contributed by atoms with Crippen molar-refractivity contribution < 1.29 is 14.6 Å². The van der Waals surface area contributed by atoms with E-state index in [1.54, 1.807) is 5.92 Å². The van der Waals surface area contributed by atoms with E-state index in [0.717, 1.165) is 5.56 Å². The van der Waals surface area contributed by atoms with Crippen LogP contribution in [-0.4, -0.2) is 17.4 Å². The van der Waals surface area contributed by atoms with Crippen LogP contribution in [0.4, 0.5) is 0 Å². The number of terminal acetylenes is 1. The van der Waals surface area contributed by atoms with Gasteiger partial charge in [-0.1, -0.05) is 30.3 Å². The molecule has 0 spiro atoms. The Hall–Kier alpha value is -1.79. The SMILES string of the molecule is C#CC(=O)O[C@@H](O)Cc1ccccc1. The van der Waals surface area contributed by atoms with Crippen LogP contribution in [0.25, 0.3) is 0 Å². The Morgan fingerprint density at radius 1 is 1.50 bits per heavy atom. The molecule has 72 valence electrons. The number of hydrogen-bond donors (Lipinski definition) is 1. The van der Waals surface area contributed by atoms with Gasteiger partial charge < -0.3 is 9.84 Å². The first-order chi connectivity index (χ1) is 6.72. The zero-order chi connectivity index (χ0) is 10.4. The van der Waals surface area contributed by atoms with Crippen LogP contribution < -0.4 is 0 Å². The highest BCUT2D eigenvalue weighted by Gasteiger charge is 2.08. The lowest BCUT2D eigenvalue weighted by Gasteiger charge is -2.09. The maximum atomic E-state index is 10.6. The van der Waals surface area contributed by atoms with E-state index in [-0.39, 0.29) is 6.42 Å². The Balaban J connectivity index is 2.46. The van der Waals surface area contributed by atoms with Crippen molar-refractivity contribution in [3.8, 4) is 12.3 Å². The fourth-order valence-corrected chi connectivity index (χ4v) is 1.01. The first-order valence-electron chi connectivity index (χ1n) is 4.11. The third-order valence-corrected chi connectivity index (χ3v) is 1.61. The van der Waals surface area contributed by atoms with Gasteiger partial charge in [-0.15, -0.1) is 6.42 Å². The molecule has 1 N–H and O–H groups in total. The fraction of sp³-hybridized carbons (Fsp3) is 0.182. The molecular formula is C11H10O3. The van der Waals surface area contributed by atoms with Crippen molar-refractivity contribution in [1.82, 2.24) is 0 Å². The Kier molecular flexibility index (Phi) is 3.71. The molecular weight excluding hydrogens is 180 g/mol. The first kappa shape index (κ1) is 10.3. The molecule has 0 aliphatic carbocycles. The van der Waals surface area contributed by atoms with Crippen LogP contribution >= 0.6 is 0 Å². The van der Waals surface area contributed by atoms with Crippen molar-refractivity contribution >= 4 is 5.97 Å². The topological polar surface area (TPSA) is 46.5 Å². The maximum absolute atomic E-state index is 10.6. The number of carbonyl (C=O) groups is 1. The molecule has 0 unspecified atom stereocenters. The van der Waals surface area contributed by atoms with Crippen molar-refractivity contribution in [1.29, 1.82) is 0 Å². The highest BCUT2D eigenvalue weighted by atomic mass is 16.6. The molecule has 0 aromatic heterocycles. The number of esters is 1. The van der Waals surface area contributed by atoms with Gasteiger partial charge in [-0.25, -0.2) is 4.79 Å². The predicted octanol–water partition coefficient (Wildman–Crippen LogP) is 0.724. The molecule has 0 aliphatic rings. The van der Waals surface area contributed by atoms with Crippen molar-refractivity contribution in [2.75, 3.05) is 0 Å². The molecule has 1 atom stereocenters. The van der Waals surface area contributed by atoms with Crippen LogP contribution in [0, 0.1) is 12.3 Å². The highest BCUT2D eigenvalue weighted by Crippen LogP contribution is 2.03. The minimum absolute atomic E-state index is 0.244. The second-order valence-corrected chi connectivity index (χ2v) is 2.69. The summed E-state index contributed by atoms with van der Waals surface area (Å²) in [5.74, 6) is 0.907. The third kappa shape index (κ3) is 3.30. The summed E-state index contributed by atoms with van der Waals surface area (Å²) < 4.78 is 4.48. The van der Waals surface area contributed by atoms with E-state index in [1.807, 2.05) is 30.3 Å². The van der Waals surface area contributed by atoms with Crippen LogP contribution in [0.5, 0.6) is 0 Å². The molecule has 0 heterocycles. The molecule has 3 heteroatoms. The Morgan fingerprint density at radius 3 is 2.71 bits per heavy atom. The summed E-state index contributed by atoms with van der Waals surface area (Å²) in [6, 6.07) is 9.19. The Bertz CT molecular complexity index is 337. The van der Waals surface area contributed by atoms with Gasteiger partial charge in [0.2, 0.25) is 6.29 Å². The van der Waals surface area contributed by atoms with E-state index in [0.29, 0.717) is 0 Å². The van der Waals surface area contributed by atoms with Gasteiger partial charge >= 0.3 is 5.97 Å². The average molecular weight is 190 g/mol. The lowest BCUT2D eigenvalue weighted by Crippen LogP contribution is -2.18. The molecule has 0 saturated heterocycles.